The molecule has 1 spiro atoms. The minimum atomic E-state index is 0.0580. The van der Waals surface area contributed by atoms with Crippen LogP contribution in [0.25, 0.3) is 0 Å². The number of rotatable bonds is 0. The molecule has 0 aromatic heterocycles. The highest BCUT2D eigenvalue weighted by atomic mass is 16.5. The summed E-state index contributed by atoms with van der Waals surface area (Å²) in [6.45, 7) is 7.72. The van der Waals surface area contributed by atoms with Crippen LogP contribution in [0.1, 0.15) is 64.7 Å². The van der Waals surface area contributed by atoms with Crippen LogP contribution < -0.4 is 5.32 Å². The summed E-state index contributed by atoms with van der Waals surface area (Å²) in [6.07, 6.45) is 12.7. The Bertz CT molecular complexity index is 516. The van der Waals surface area contributed by atoms with Gasteiger partial charge < -0.3 is 19.5 Å². The number of fused-ring (bicyclic) bond motifs is 5. The standard InChI is InChI=1S/C23H40N2O3/c1-17-14-23(16-26-12-10-24-23)22-15-28-19-8-6-18(7-9-19)20-4-2-3-5-21(20)27-13-11-25(17)22/h17-22,24H,2-16H2,1H3/t17-,18?,19?,20?,21?,22+,23-/m1/s1. The van der Waals surface area contributed by atoms with Crippen molar-refractivity contribution >= 4 is 0 Å². The zero-order chi connectivity index (χ0) is 19.0. The fraction of sp³-hybridized carbons (Fsp3) is 1.00. The molecule has 4 aliphatic heterocycles. The first-order chi connectivity index (χ1) is 13.8. The van der Waals surface area contributed by atoms with Crippen molar-refractivity contribution in [1.82, 2.24) is 10.2 Å². The van der Waals surface area contributed by atoms with Gasteiger partial charge >= 0.3 is 0 Å². The lowest BCUT2D eigenvalue weighted by atomic mass is 9.71. The molecule has 2 unspecified atom stereocenters. The van der Waals surface area contributed by atoms with E-state index in [1.807, 2.05) is 0 Å². The number of nitrogens with zero attached hydrogens (tertiary/aromatic N) is 1. The second kappa shape index (κ2) is 8.50. The smallest absolute Gasteiger partial charge is 0.0665 e. The van der Waals surface area contributed by atoms with E-state index in [0.717, 1.165) is 57.8 Å². The Balaban J connectivity index is 1.36. The molecule has 160 valence electrons. The number of nitrogens with one attached hydrogen (secondary N) is 1. The predicted octanol–water partition coefficient (Wildman–Crippen LogP) is 2.97. The second-order valence-corrected chi connectivity index (χ2v) is 10.2. The van der Waals surface area contributed by atoms with Crippen LogP contribution in [-0.2, 0) is 14.2 Å². The molecule has 5 heteroatoms. The Morgan fingerprint density at radius 3 is 2.64 bits per heavy atom. The largest absolute Gasteiger partial charge is 0.378 e. The van der Waals surface area contributed by atoms with Gasteiger partial charge in [0.05, 0.1) is 50.2 Å². The van der Waals surface area contributed by atoms with Gasteiger partial charge in [-0.25, -0.2) is 0 Å². The molecule has 0 amide bonds. The number of ether oxygens (including phenoxy) is 3. The van der Waals surface area contributed by atoms with Crippen LogP contribution >= 0.6 is 0 Å². The number of hydrogen-bond acceptors (Lipinski definition) is 5. The van der Waals surface area contributed by atoms with E-state index in [4.69, 9.17) is 14.2 Å². The lowest BCUT2D eigenvalue weighted by Crippen LogP contribution is -2.63. The van der Waals surface area contributed by atoms with E-state index in [9.17, 15) is 0 Å². The predicted molar refractivity (Wildman–Crippen MR) is 110 cm³/mol. The molecule has 2 bridgehead atoms. The summed E-state index contributed by atoms with van der Waals surface area (Å²) in [5, 5.41) is 3.85. The molecule has 28 heavy (non-hydrogen) atoms. The average Bonchev–Trinajstić information content (AvgIpc) is 2.98. The summed E-state index contributed by atoms with van der Waals surface area (Å²) in [5.41, 5.74) is 0.0580. The van der Waals surface area contributed by atoms with E-state index in [2.05, 4.69) is 17.1 Å². The van der Waals surface area contributed by atoms with Gasteiger partial charge in [0.15, 0.2) is 0 Å². The van der Waals surface area contributed by atoms with Crippen molar-refractivity contribution in [2.45, 2.75) is 94.5 Å². The third kappa shape index (κ3) is 3.78. The Morgan fingerprint density at radius 1 is 0.964 bits per heavy atom. The fourth-order valence-corrected chi connectivity index (χ4v) is 7.15. The van der Waals surface area contributed by atoms with Crippen LogP contribution in [0.4, 0.5) is 0 Å². The first kappa shape index (κ1) is 19.7. The summed E-state index contributed by atoms with van der Waals surface area (Å²) < 4.78 is 19.2. The van der Waals surface area contributed by atoms with Crippen molar-refractivity contribution in [3.63, 3.8) is 0 Å². The molecule has 4 heterocycles. The quantitative estimate of drug-likeness (QED) is 0.687. The Hall–Kier alpha value is -0.200. The van der Waals surface area contributed by atoms with E-state index >= 15 is 0 Å². The molecule has 0 aromatic carbocycles. The van der Waals surface area contributed by atoms with Crippen LogP contribution in [-0.4, -0.2) is 74.2 Å². The molecule has 1 N–H and O–H groups in total. The molecule has 6 aliphatic rings. The third-order valence-electron chi connectivity index (χ3n) is 8.60. The van der Waals surface area contributed by atoms with Crippen molar-refractivity contribution in [3.05, 3.63) is 0 Å². The number of hydrogen-bond donors (Lipinski definition) is 1. The van der Waals surface area contributed by atoms with Crippen LogP contribution in [0.2, 0.25) is 0 Å². The summed E-state index contributed by atoms with van der Waals surface area (Å²) in [6, 6.07) is 0.946. The molecular weight excluding hydrogens is 352 g/mol. The third-order valence-corrected chi connectivity index (χ3v) is 8.60. The summed E-state index contributed by atoms with van der Waals surface area (Å²) in [4.78, 5) is 2.67. The highest BCUT2D eigenvalue weighted by molar-refractivity contribution is 5.10. The molecule has 4 saturated heterocycles. The Kier molecular flexibility index (Phi) is 6.00. The summed E-state index contributed by atoms with van der Waals surface area (Å²) in [5.74, 6) is 1.66. The molecule has 0 radical (unpaired) electrons. The van der Waals surface area contributed by atoms with Gasteiger partial charge in [-0.15, -0.1) is 0 Å². The van der Waals surface area contributed by atoms with Gasteiger partial charge in [0.25, 0.3) is 0 Å². The van der Waals surface area contributed by atoms with E-state index in [-0.39, 0.29) is 5.54 Å². The SMILES string of the molecule is C[C@@H]1C[C@@]2(COCCN2)[C@@H]2COC3CCC(CC3)C3CCCCC3OCCN12. The maximum atomic E-state index is 6.61. The average molecular weight is 393 g/mol. The Labute approximate surface area is 170 Å². The van der Waals surface area contributed by atoms with Gasteiger partial charge in [-0.3, -0.25) is 4.90 Å². The van der Waals surface area contributed by atoms with E-state index in [1.165, 1.54) is 51.4 Å². The second-order valence-electron chi connectivity index (χ2n) is 10.2. The molecule has 2 saturated carbocycles. The van der Waals surface area contributed by atoms with Crippen molar-refractivity contribution in [1.29, 1.82) is 0 Å². The molecule has 6 fully saturated rings. The van der Waals surface area contributed by atoms with Crippen molar-refractivity contribution < 1.29 is 14.2 Å². The van der Waals surface area contributed by atoms with E-state index in [0.29, 0.717) is 24.3 Å². The summed E-state index contributed by atoms with van der Waals surface area (Å²) >= 11 is 0. The monoisotopic (exact) mass is 392 g/mol. The molecule has 5 atom stereocenters. The molecule has 0 aromatic rings. The fourth-order valence-electron chi connectivity index (χ4n) is 7.15. The van der Waals surface area contributed by atoms with Crippen LogP contribution in [0, 0.1) is 11.8 Å². The maximum absolute atomic E-state index is 6.61. The highest BCUT2D eigenvalue weighted by Crippen LogP contribution is 2.42. The van der Waals surface area contributed by atoms with Gasteiger partial charge in [-0.1, -0.05) is 12.8 Å². The molecule has 6 rings (SSSR count). The topological polar surface area (TPSA) is 43.0 Å². The lowest BCUT2D eigenvalue weighted by Gasteiger charge is -2.42. The minimum Gasteiger partial charge on any atom is -0.378 e. The lowest BCUT2D eigenvalue weighted by molar-refractivity contribution is -0.0509. The van der Waals surface area contributed by atoms with Crippen LogP contribution in [0.5, 0.6) is 0 Å². The van der Waals surface area contributed by atoms with Gasteiger partial charge in [0.2, 0.25) is 0 Å². The Morgan fingerprint density at radius 2 is 1.82 bits per heavy atom. The van der Waals surface area contributed by atoms with E-state index in [1.54, 1.807) is 0 Å². The van der Waals surface area contributed by atoms with Gasteiger partial charge in [-0.2, -0.15) is 0 Å². The van der Waals surface area contributed by atoms with E-state index < -0.39 is 0 Å². The summed E-state index contributed by atoms with van der Waals surface area (Å²) in [7, 11) is 0. The molecule has 5 nitrogen and oxygen atoms in total. The van der Waals surface area contributed by atoms with Crippen LogP contribution in [0.3, 0.4) is 0 Å². The molecular formula is C23H40N2O3. The van der Waals surface area contributed by atoms with Gasteiger partial charge in [0.1, 0.15) is 0 Å². The minimum absolute atomic E-state index is 0.0580. The highest BCUT2D eigenvalue weighted by Gasteiger charge is 2.52. The van der Waals surface area contributed by atoms with Crippen LogP contribution in [0.15, 0.2) is 0 Å². The zero-order valence-electron chi connectivity index (χ0n) is 17.7. The zero-order valence-corrected chi connectivity index (χ0v) is 17.7. The first-order valence-corrected chi connectivity index (χ1v) is 12.1. The van der Waals surface area contributed by atoms with Crippen molar-refractivity contribution in [2.24, 2.45) is 11.8 Å². The normalized spacial score (nSPS) is 48.3. The maximum Gasteiger partial charge on any atom is 0.0665 e. The van der Waals surface area contributed by atoms with Crippen molar-refractivity contribution in [2.75, 3.05) is 39.5 Å². The van der Waals surface area contributed by atoms with Gasteiger partial charge in [-0.05, 0) is 63.7 Å². The number of morpholine rings is 1. The first-order valence-electron chi connectivity index (χ1n) is 12.1. The van der Waals surface area contributed by atoms with Gasteiger partial charge in [0, 0.05) is 19.1 Å². The van der Waals surface area contributed by atoms with Crippen molar-refractivity contribution in [3.8, 4) is 0 Å². The molecule has 2 aliphatic carbocycles.